The van der Waals surface area contributed by atoms with Crippen molar-refractivity contribution in [3.05, 3.63) is 28.5 Å². The fourth-order valence-electron chi connectivity index (χ4n) is 3.18. The van der Waals surface area contributed by atoms with Crippen LogP contribution >= 0.6 is 15.9 Å². The lowest BCUT2D eigenvalue weighted by Gasteiger charge is -2.38. The van der Waals surface area contributed by atoms with Gasteiger partial charge in [0.25, 0.3) is 0 Å². The lowest BCUT2D eigenvalue weighted by molar-refractivity contribution is 0.169. The highest BCUT2D eigenvalue weighted by Crippen LogP contribution is 2.33. The normalized spacial score (nSPS) is 27.7. The number of pyridine rings is 1. The molecule has 106 valence electrons. The van der Waals surface area contributed by atoms with Gasteiger partial charge in [-0.2, -0.15) is 0 Å². The molecule has 0 saturated heterocycles. The molecule has 19 heavy (non-hydrogen) atoms. The van der Waals surface area contributed by atoms with Gasteiger partial charge in [0.1, 0.15) is 0 Å². The first-order valence-electron chi connectivity index (χ1n) is 7.40. The molecule has 3 heteroatoms. The van der Waals surface area contributed by atoms with Crippen LogP contribution in [0.1, 0.15) is 45.7 Å². The zero-order valence-corrected chi connectivity index (χ0v) is 13.8. The molecular formula is C16H25BrN2. The minimum absolute atomic E-state index is 0.647. The minimum atomic E-state index is 0.647. The van der Waals surface area contributed by atoms with Crippen molar-refractivity contribution in [1.29, 1.82) is 0 Å². The maximum absolute atomic E-state index is 4.44. The third kappa shape index (κ3) is 4.28. The van der Waals surface area contributed by atoms with Gasteiger partial charge in [-0.05, 0) is 58.7 Å². The Hall–Kier alpha value is -0.410. The predicted molar refractivity (Wildman–Crippen MR) is 83.9 cm³/mol. The van der Waals surface area contributed by atoms with E-state index in [9.17, 15) is 0 Å². The van der Waals surface area contributed by atoms with Gasteiger partial charge >= 0.3 is 0 Å². The van der Waals surface area contributed by atoms with Crippen LogP contribution in [0, 0.1) is 17.8 Å². The van der Waals surface area contributed by atoms with Crippen LogP contribution < -0.4 is 5.32 Å². The summed E-state index contributed by atoms with van der Waals surface area (Å²) in [5, 5.41) is 3.74. The first-order chi connectivity index (χ1) is 9.06. The number of hydrogen-bond donors (Lipinski definition) is 1. The van der Waals surface area contributed by atoms with E-state index < -0.39 is 0 Å². The van der Waals surface area contributed by atoms with Crippen LogP contribution in [0.2, 0.25) is 0 Å². The van der Waals surface area contributed by atoms with Gasteiger partial charge in [0.2, 0.25) is 0 Å². The third-order valence-corrected chi connectivity index (χ3v) is 4.83. The Balaban J connectivity index is 1.93. The largest absolute Gasteiger partial charge is 0.308 e. The molecule has 0 aromatic carbocycles. The summed E-state index contributed by atoms with van der Waals surface area (Å²) in [6.07, 6.45) is 5.93. The number of hydrogen-bond acceptors (Lipinski definition) is 2. The van der Waals surface area contributed by atoms with Crippen LogP contribution in [0.25, 0.3) is 0 Å². The number of nitrogens with zero attached hydrogens (tertiary/aromatic N) is 1. The summed E-state index contributed by atoms with van der Waals surface area (Å²) in [5.41, 5.74) is 1.13. The maximum Gasteiger partial charge on any atom is 0.0542 e. The quantitative estimate of drug-likeness (QED) is 0.888. The average molecular weight is 325 g/mol. The van der Waals surface area contributed by atoms with Crippen molar-refractivity contribution >= 4 is 15.9 Å². The molecule has 1 fully saturated rings. The van der Waals surface area contributed by atoms with Gasteiger partial charge in [0.15, 0.2) is 0 Å². The third-order valence-electron chi connectivity index (χ3n) is 4.36. The average Bonchev–Trinajstić information content (AvgIpc) is 2.38. The first-order valence-corrected chi connectivity index (χ1v) is 8.19. The summed E-state index contributed by atoms with van der Waals surface area (Å²) >= 11 is 3.43. The second kappa shape index (κ2) is 6.85. The maximum atomic E-state index is 4.44. The van der Waals surface area contributed by atoms with Crippen LogP contribution in [0.4, 0.5) is 0 Å². The molecule has 1 aromatic rings. The van der Waals surface area contributed by atoms with E-state index in [2.05, 4.69) is 59.1 Å². The summed E-state index contributed by atoms with van der Waals surface area (Å²) < 4.78 is 1.04. The molecule has 2 rings (SSSR count). The highest BCUT2D eigenvalue weighted by atomic mass is 79.9. The van der Waals surface area contributed by atoms with E-state index in [1.807, 2.05) is 6.20 Å². The zero-order chi connectivity index (χ0) is 13.8. The summed E-state index contributed by atoms with van der Waals surface area (Å²) in [4.78, 5) is 4.44. The van der Waals surface area contributed by atoms with Crippen molar-refractivity contribution in [1.82, 2.24) is 10.3 Å². The highest BCUT2D eigenvalue weighted by Gasteiger charge is 2.30. The molecule has 1 saturated carbocycles. The van der Waals surface area contributed by atoms with E-state index in [1.165, 1.54) is 19.3 Å². The van der Waals surface area contributed by atoms with E-state index in [1.54, 1.807) is 0 Å². The van der Waals surface area contributed by atoms with Gasteiger partial charge in [-0.3, -0.25) is 4.98 Å². The Morgan fingerprint density at radius 1 is 1.37 bits per heavy atom. The topological polar surface area (TPSA) is 24.9 Å². The van der Waals surface area contributed by atoms with E-state index in [0.717, 1.165) is 34.5 Å². The van der Waals surface area contributed by atoms with Crippen molar-refractivity contribution in [3.63, 3.8) is 0 Å². The molecule has 0 bridgehead atoms. The number of aromatic nitrogens is 1. The van der Waals surface area contributed by atoms with E-state index >= 15 is 0 Å². The van der Waals surface area contributed by atoms with Gasteiger partial charge in [-0.25, -0.2) is 0 Å². The Kier molecular flexibility index (Phi) is 5.40. The summed E-state index contributed by atoms with van der Waals surface area (Å²) in [5.74, 6) is 2.43. The minimum Gasteiger partial charge on any atom is -0.308 e. The van der Waals surface area contributed by atoms with Crippen molar-refractivity contribution < 1.29 is 0 Å². The van der Waals surface area contributed by atoms with Crippen molar-refractivity contribution in [2.75, 3.05) is 0 Å². The Morgan fingerprint density at radius 3 is 2.79 bits per heavy atom. The summed E-state index contributed by atoms with van der Waals surface area (Å²) in [6.45, 7) is 7.97. The molecule has 0 radical (unpaired) electrons. The molecule has 1 N–H and O–H groups in total. The highest BCUT2D eigenvalue weighted by molar-refractivity contribution is 9.10. The van der Waals surface area contributed by atoms with Crippen LogP contribution in [-0.2, 0) is 6.54 Å². The number of nitrogens with one attached hydrogen (secondary N) is 1. The van der Waals surface area contributed by atoms with Gasteiger partial charge in [0.05, 0.1) is 5.69 Å². The molecule has 1 heterocycles. The van der Waals surface area contributed by atoms with Gasteiger partial charge in [-0.15, -0.1) is 0 Å². The van der Waals surface area contributed by atoms with E-state index in [4.69, 9.17) is 0 Å². The molecular weight excluding hydrogens is 300 g/mol. The van der Waals surface area contributed by atoms with Crippen LogP contribution in [-0.4, -0.2) is 11.0 Å². The lowest BCUT2D eigenvalue weighted by Crippen LogP contribution is -2.42. The smallest absolute Gasteiger partial charge is 0.0542 e. The Morgan fingerprint density at radius 2 is 2.16 bits per heavy atom. The van der Waals surface area contributed by atoms with Crippen molar-refractivity contribution in [2.45, 2.75) is 52.6 Å². The molecule has 1 aliphatic carbocycles. The molecule has 1 aromatic heterocycles. The second-order valence-corrected chi connectivity index (χ2v) is 7.20. The fourth-order valence-corrected chi connectivity index (χ4v) is 3.42. The molecule has 0 aliphatic heterocycles. The molecule has 2 nitrogen and oxygen atoms in total. The van der Waals surface area contributed by atoms with E-state index in [-0.39, 0.29) is 0 Å². The predicted octanol–water partition coefficient (Wildman–Crippen LogP) is 4.39. The van der Waals surface area contributed by atoms with Crippen LogP contribution in [0.15, 0.2) is 22.8 Å². The number of rotatable bonds is 4. The standard InChI is InChI=1S/C16H25BrN2/c1-11(2)15-7-4-12(3)8-16(15)19-10-14-6-5-13(17)9-18-14/h5-6,9,11-12,15-16,19H,4,7-8,10H2,1-3H3. The zero-order valence-electron chi connectivity index (χ0n) is 12.2. The molecule has 3 atom stereocenters. The molecule has 1 aliphatic rings. The monoisotopic (exact) mass is 324 g/mol. The first kappa shape index (κ1) is 15.0. The van der Waals surface area contributed by atoms with E-state index in [0.29, 0.717) is 6.04 Å². The van der Waals surface area contributed by atoms with Crippen molar-refractivity contribution in [3.8, 4) is 0 Å². The van der Waals surface area contributed by atoms with Gasteiger partial charge in [0, 0.05) is 23.3 Å². The SMILES string of the molecule is CC1CCC(C(C)C)C(NCc2ccc(Br)cn2)C1. The fraction of sp³-hybridized carbons (Fsp3) is 0.688. The van der Waals surface area contributed by atoms with Gasteiger partial charge in [-0.1, -0.05) is 27.2 Å². The Bertz CT molecular complexity index is 388. The molecule has 0 amide bonds. The molecule has 0 spiro atoms. The van der Waals surface area contributed by atoms with Crippen molar-refractivity contribution in [2.24, 2.45) is 17.8 Å². The summed E-state index contributed by atoms with van der Waals surface area (Å²) in [7, 11) is 0. The van der Waals surface area contributed by atoms with Crippen LogP contribution in [0.3, 0.4) is 0 Å². The lowest BCUT2D eigenvalue weighted by atomic mass is 9.74. The number of halogens is 1. The van der Waals surface area contributed by atoms with Crippen LogP contribution in [0.5, 0.6) is 0 Å². The van der Waals surface area contributed by atoms with Gasteiger partial charge < -0.3 is 5.32 Å². The Labute approximate surface area is 125 Å². The molecule has 3 unspecified atom stereocenters. The second-order valence-electron chi connectivity index (χ2n) is 6.28. The summed E-state index contributed by atoms with van der Waals surface area (Å²) in [6, 6.07) is 4.80.